The number of aromatic nitrogens is 2. The summed E-state index contributed by atoms with van der Waals surface area (Å²) in [6.45, 7) is -0.732. The zero-order valence-electron chi connectivity index (χ0n) is 8.33. The summed E-state index contributed by atoms with van der Waals surface area (Å²) >= 11 is 0. The zero-order valence-corrected chi connectivity index (χ0v) is 8.33. The van der Waals surface area contributed by atoms with Gasteiger partial charge in [0.05, 0.1) is 0 Å². The van der Waals surface area contributed by atoms with Gasteiger partial charge in [0.2, 0.25) is 5.88 Å². The van der Waals surface area contributed by atoms with Crippen LogP contribution in [0.1, 0.15) is 10.5 Å². The number of alkyl halides is 2. The third-order valence-electron chi connectivity index (χ3n) is 1.67. The van der Waals surface area contributed by atoms with E-state index in [9.17, 15) is 13.6 Å². The fourth-order valence-electron chi connectivity index (χ4n) is 1.00. The molecule has 1 aromatic heterocycles. The average molecular weight is 219 g/mol. The summed E-state index contributed by atoms with van der Waals surface area (Å²) in [7, 11) is 2.99. The second-order valence-electron chi connectivity index (χ2n) is 2.77. The summed E-state index contributed by atoms with van der Waals surface area (Å²) in [5.74, 6) is -0.340. The highest BCUT2D eigenvalue weighted by Gasteiger charge is 2.13. The average Bonchev–Trinajstić information content (AvgIpc) is 2.55. The van der Waals surface area contributed by atoms with Gasteiger partial charge in [-0.25, -0.2) is 8.78 Å². The Morgan fingerprint density at radius 3 is 2.93 bits per heavy atom. The van der Waals surface area contributed by atoms with Gasteiger partial charge in [-0.2, -0.15) is 0 Å². The Morgan fingerprint density at radius 1 is 1.73 bits per heavy atom. The van der Waals surface area contributed by atoms with Crippen LogP contribution < -0.4 is 10.1 Å². The van der Waals surface area contributed by atoms with Crippen LogP contribution in [0.4, 0.5) is 8.78 Å². The molecule has 1 aromatic rings. The number of rotatable bonds is 4. The van der Waals surface area contributed by atoms with Crippen molar-refractivity contribution in [3.05, 3.63) is 11.8 Å². The smallest absolute Gasteiger partial charge is 0.272 e. The molecule has 0 radical (unpaired) electrons. The van der Waals surface area contributed by atoms with Crippen LogP contribution in [0, 0.1) is 0 Å². The number of hydrogen-bond donors (Lipinski definition) is 1. The van der Waals surface area contributed by atoms with Crippen molar-refractivity contribution >= 4 is 5.91 Å². The highest BCUT2D eigenvalue weighted by atomic mass is 19.3. The Labute approximate surface area is 85.0 Å². The summed E-state index contributed by atoms with van der Waals surface area (Å²) in [6.07, 6.45) is -2.56. The molecule has 0 aliphatic carbocycles. The molecule has 84 valence electrons. The van der Waals surface area contributed by atoms with Gasteiger partial charge in [0.1, 0.15) is 5.69 Å². The van der Waals surface area contributed by atoms with Crippen molar-refractivity contribution < 1.29 is 18.3 Å². The maximum absolute atomic E-state index is 11.8. The molecule has 0 unspecified atom stereocenters. The summed E-state index contributed by atoms with van der Waals surface area (Å²) in [5, 5.41) is 6.15. The Hall–Kier alpha value is -1.66. The van der Waals surface area contributed by atoms with Crippen molar-refractivity contribution in [3.63, 3.8) is 0 Å². The number of carbonyl (C=O) groups is 1. The lowest BCUT2D eigenvalue weighted by molar-refractivity contribution is 0.0792. The monoisotopic (exact) mass is 219 g/mol. The van der Waals surface area contributed by atoms with E-state index in [1.54, 1.807) is 0 Å². The Bertz CT molecular complexity index is 352. The first-order chi connectivity index (χ1) is 7.04. The maximum atomic E-state index is 11.8. The van der Waals surface area contributed by atoms with Gasteiger partial charge in [-0.05, 0) is 0 Å². The molecule has 1 amide bonds. The van der Waals surface area contributed by atoms with Crippen molar-refractivity contribution in [2.75, 3.05) is 13.7 Å². The molecule has 0 spiro atoms. The van der Waals surface area contributed by atoms with Crippen LogP contribution >= 0.6 is 0 Å². The van der Waals surface area contributed by atoms with Gasteiger partial charge in [-0.1, -0.05) is 0 Å². The van der Waals surface area contributed by atoms with E-state index in [4.69, 9.17) is 0 Å². The first-order valence-corrected chi connectivity index (χ1v) is 4.21. The summed E-state index contributed by atoms with van der Waals surface area (Å²) in [4.78, 5) is 11.2. The first-order valence-electron chi connectivity index (χ1n) is 4.21. The fraction of sp³-hybridized carbons (Fsp3) is 0.500. The van der Waals surface area contributed by atoms with Crippen LogP contribution in [-0.2, 0) is 7.05 Å². The van der Waals surface area contributed by atoms with E-state index in [1.165, 1.54) is 24.8 Å². The Kier molecular flexibility index (Phi) is 3.59. The Morgan fingerprint density at radius 2 is 2.40 bits per heavy atom. The molecule has 0 saturated carbocycles. The van der Waals surface area contributed by atoms with Crippen LogP contribution in [0.15, 0.2) is 6.07 Å². The zero-order chi connectivity index (χ0) is 11.4. The molecule has 0 aromatic carbocycles. The van der Waals surface area contributed by atoms with Crippen LogP contribution in [0.3, 0.4) is 0 Å². The standard InChI is InChI=1S/C8H11F2N3O2/c1-11-8(14)5-3-7(12-13(5)2)15-4-6(9)10/h3,6H,4H2,1-2H3,(H,11,14). The third-order valence-corrected chi connectivity index (χ3v) is 1.67. The molecule has 7 heteroatoms. The second-order valence-corrected chi connectivity index (χ2v) is 2.77. The topological polar surface area (TPSA) is 56.1 Å². The van der Waals surface area contributed by atoms with Crippen molar-refractivity contribution in [1.29, 1.82) is 0 Å². The number of nitrogens with zero attached hydrogens (tertiary/aromatic N) is 2. The van der Waals surface area contributed by atoms with E-state index in [0.29, 0.717) is 0 Å². The van der Waals surface area contributed by atoms with Crippen LogP contribution in [0.25, 0.3) is 0 Å². The number of halogens is 2. The van der Waals surface area contributed by atoms with Gasteiger partial charge in [0.15, 0.2) is 6.61 Å². The minimum Gasteiger partial charge on any atom is -0.471 e. The van der Waals surface area contributed by atoms with Gasteiger partial charge >= 0.3 is 0 Å². The van der Waals surface area contributed by atoms with E-state index >= 15 is 0 Å². The molecular weight excluding hydrogens is 208 g/mol. The van der Waals surface area contributed by atoms with Crippen molar-refractivity contribution in [1.82, 2.24) is 15.1 Å². The number of amides is 1. The van der Waals surface area contributed by atoms with Gasteiger partial charge in [0, 0.05) is 20.2 Å². The lowest BCUT2D eigenvalue weighted by atomic mass is 10.4. The minimum absolute atomic E-state index is 0.0106. The number of nitrogens with one attached hydrogen (secondary N) is 1. The third kappa shape index (κ3) is 2.90. The lowest BCUT2D eigenvalue weighted by Gasteiger charge is -1.99. The van der Waals surface area contributed by atoms with Gasteiger partial charge in [-0.3, -0.25) is 9.48 Å². The highest BCUT2D eigenvalue weighted by Crippen LogP contribution is 2.11. The lowest BCUT2D eigenvalue weighted by Crippen LogP contribution is -2.20. The van der Waals surface area contributed by atoms with E-state index < -0.39 is 13.0 Å². The van der Waals surface area contributed by atoms with Crippen molar-refractivity contribution in [2.45, 2.75) is 6.43 Å². The van der Waals surface area contributed by atoms with Crippen LogP contribution in [-0.4, -0.2) is 35.8 Å². The second kappa shape index (κ2) is 4.72. The summed E-state index contributed by atoms with van der Waals surface area (Å²) in [6, 6.07) is 1.31. The van der Waals surface area contributed by atoms with E-state index in [1.807, 2.05) is 0 Å². The highest BCUT2D eigenvalue weighted by molar-refractivity contribution is 5.92. The van der Waals surface area contributed by atoms with Crippen molar-refractivity contribution in [3.8, 4) is 5.88 Å². The van der Waals surface area contributed by atoms with Crippen LogP contribution in [0.5, 0.6) is 5.88 Å². The molecule has 0 aliphatic rings. The van der Waals surface area contributed by atoms with E-state index in [2.05, 4.69) is 15.2 Å². The molecule has 0 bridgehead atoms. The van der Waals surface area contributed by atoms with E-state index in [-0.39, 0.29) is 17.5 Å². The SMILES string of the molecule is CNC(=O)c1cc(OCC(F)F)nn1C. The number of hydrogen-bond acceptors (Lipinski definition) is 3. The quantitative estimate of drug-likeness (QED) is 0.798. The molecule has 15 heavy (non-hydrogen) atoms. The molecule has 0 aliphatic heterocycles. The minimum atomic E-state index is -2.56. The predicted molar refractivity (Wildman–Crippen MR) is 48.1 cm³/mol. The predicted octanol–water partition coefficient (Wildman–Crippen LogP) is 0.424. The first kappa shape index (κ1) is 11.4. The molecular formula is C8H11F2N3O2. The molecule has 5 nitrogen and oxygen atoms in total. The normalized spacial score (nSPS) is 10.5. The molecule has 0 saturated heterocycles. The molecule has 1 heterocycles. The summed E-state index contributed by atoms with van der Waals surface area (Å²) in [5.41, 5.74) is 0.252. The molecule has 1 rings (SSSR count). The molecule has 0 fully saturated rings. The number of carbonyl (C=O) groups excluding carboxylic acids is 1. The van der Waals surface area contributed by atoms with E-state index in [0.717, 1.165) is 0 Å². The van der Waals surface area contributed by atoms with Gasteiger partial charge < -0.3 is 10.1 Å². The summed E-state index contributed by atoms with van der Waals surface area (Å²) < 4.78 is 29.6. The fourth-order valence-corrected chi connectivity index (χ4v) is 1.00. The largest absolute Gasteiger partial charge is 0.471 e. The van der Waals surface area contributed by atoms with Crippen molar-refractivity contribution in [2.24, 2.45) is 7.05 Å². The van der Waals surface area contributed by atoms with Crippen LogP contribution in [0.2, 0.25) is 0 Å². The Balaban J connectivity index is 2.72. The van der Waals surface area contributed by atoms with Gasteiger partial charge in [-0.15, -0.1) is 5.10 Å². The number of ether oxygens (including phenoxy) is 1. The maximum Gasteiger partial charge on any atom is 0.272 e. The van der Waals surface area contributed by atoms with Gasteiger partial charge in [0.25, 0.3) is 12.3 Å². The number of aryl methyl sites for hydroxylation is 1. The molecule has 0 atom stereocenters. The molecule has 1 N–H and O–H groups in total.